The Kier molecular flexibility index (Phi) is 4.98. The Labute approximate surface area is 133 Å². The second-order valence-corrected chi connectivity index (χ2v) is 6.61. The topological polar surface area (TPSA) is 35.6 Å². The first-order valence-electron chi connectivity index (χ1n) is 8.59. The average molecular weight is 301 g/mol. The number of amides is 2. The molecule has 2 amide bonds. The Balaban J connectivity index is 1.48. The van der Waals surface area contributed by atoms with Crippen LogP contribution in [0.4, 0.5) is 10.5 Å². The summed E-state index contributed by atoms with van der Waals surface area (Å²) < 4.78 is 0. The van der Waals surface area contributed by atoms with Gasteiger partial charge in [-0.2, -0.15) is 0 Å². The van der Waals surface area contributed by atoms with Crippen LogP contribution in [-0.2, 0) is 0 Å². The summed E-state index contributed by atoms with van der Waals surface area (Å²) in [7, 11) is 0. The van der Waals surface area contributed by atoms with Gasteiger partial charge < -0.3 is 15.1 Å². The molecule has 0 radical (unpaired) electrons. The maximum absolute atomic E-state index is 12.3. The number of nitrogens with zero attached hydrogens (tertiary/aromatic N) is 2. The molecule has 0 saturated carbocycles. The van der Waals surface area contributed by atoms with Gasteiger partial charge in [-0.3, -0.25) is 0 Å². The van der Waals surface area contributed by atoms with E-state index >= 15 is 0 Å². The molecule has 4 heteroatoms. The van der Waals surface area contributed by atoms with Crippen LogP contribution in [0.3, 0.4) is 0 Å². The van der Waals surface area contributed by atoms with E-state index in [0.717, 1.165) is 31.6 Å². The molecule has 0 unspecified atom stereocenters. The molecule has 2 heterocycles. The zero-order chi connectivity index (χ0) is 15.4. The lowest BCUT2D eigenvalue weighted by Crippen LogP contribution is -2.49. The Morgan fingerprint density at radius 3 is 2.27 bits per heavy atom. The molecule has 2 aliphatic rings. The number of carbonyl (C=O) groups excluding carboxylic acids is 1. The molecule has 4 nitrogen and oxygen atoms in total. The molecule has 0 spiro atoms. The van der Waals surface area contributed by atoms with Crippen molar-refractivity contribution in [3.8, 4) is 0 Å². The van der Waals surface area contributed by atoms with Crippen molar-refractivity contribution in [1.82, 2.24) is 9.80 Å². The van der Waals surface area contributed by atoms with Crippen LogP contribution in [0, 0.1) is 6.92 Å². The molecule has 0 aromatic heterocycles. The molecular formula is C18H27N3O. The van der Waals surface area contributed by atoms with E-state index in [2.05, 4.69) is 17.1 Å². The molecular weight excluding hydrogens is 274 g/mol. The number of carbonyl (C=O) groups is 1. The van der Waals surface area contributed by atoms with Crippen molar-refractivity contribution in [1.29, 1.82) is 0 Å². The highest BCUT2D eigenvalue weighted by atomic mass is 16.2. The van der Waals surface area contributed by atoms with Gasteiger partial charge >= 0.3 is 6.03 Å². The van der Waals surface area contributed by atoms with Crippen LogP contribution in [0.1, 0.15) is 37.7 Å². The van der Waals surface area contributed by atoms with Crippen molar-refractivity contribution >= 4 is 11.7 Å². The second kappa shape index (κ2) is 7.14. The molecule has 1 aromatic rings. The number of nitrogens with one attached hydrogen (secondary N) is 1. The summed E-state index contributed by atoms with van der Waals surface area (Å²) in [5, 5.41) is 3.01. The minimum Gasteiger partial charge on any atom is -0.324 e. The standard InChI is InChI=1S/C18H27N3O/c1-15-5-7-16(8-6-15)19-18(22)21-13-9-17(10-14-21)20-11-3-2-4-12-20/h5-8,17H,2-4,9-14H2,1H3,(H,19,22). The molecule has 1 aromatic carbocycles. The minimum absolute atomic E-state index is 0.0425. The first kappa shape index (κ1) is 15.3. The molecule has 0 aliphatic carbocycles. The van der Waals surface area contributed by atoms with Gasteiger partial charge in [0.25, 0.3) is 0 Å². The summed E-state index contributed by atoms with van der Waals surface area (Å²) in [6.45, 7) is 6.30. The van der Waals surface area contributed by atoms with Crippen LogP contribution in [-0.4, -0.2) is 48.1 Å². The summed E-state index contributed by atoms with van der Waals surface area (Å²) >= 11 is 0. The Hall–Kier alpha value is -1.55. The van der Waals surface area contributed by atoms with Crippen molar-refractivity contribution in [2.24, 2.45) is 0 Å². The smallest absolute Gasteiger partial charge is 0.321 e. The number of benzene rings is 1. The molecule has 0 atom stereocenters. The van der Waals surface area contributed by atoms with Crippen molar-refractivity contribution in [2.75, 3.05) is 31.5 Å². The van der Waals surface area contributed by atoms with Crippen molar-refractivity contribution in [3.63, 3.8) is 0 Å². The van der Waals surface area contributed by atoms with Crippen LogP contribution in [0.2, 0.25) is 0 Å². The maximum Gasteiger partial charge on any atom is 0.321 e. The van der Waals surface area contributed by atoms with Gasteiger partial charge in [-0.05, 0) is 57.8 Å². The summed E-state index contributed by atoms with van der Waals surface area (Å²) in [6, 6.07) is 8.71. The van der Waals surface area contributed by atoms with E-state index in [9.17, 15) is 4.79 Å². The number of piperidine rings is 2. The molecule has 2 saturated heterocycles. The summed E-state index contributed by atoms with van der Waals surface area (Å²) in [5.41, 5.74) is 2.09. The number of anilines is 1. The van der Waals surface area contributed by atoms with E-state index in [0.29, 0.717) is 6.04 Å². The zero-order valence-corrected chi connectivity index (χ0v) is 13.6. The van der Waals surface area contributed by atoms with Crippen LogP contribution in [0.5, 0.6) is 0 Å². The van der Waals surface area contributed by atoms with E-state index in [-0.39, 0.29) is 6.03 Å². The quantitative estimate of drug-likeness (QED) is 0.908. The number of aryl methyl sites for hydroxylation is 1. The summed E-state index contributed by atoms with van der Waals surface area (Å²) in [5.74, 6) is 0. The molecule has 3 rings (SSSR count). The van der Waals surface area contributed by atoms with Crippen molar-refractivity contribution < 1.29 is 4.79 Å². The van der Waals surface area contributed by atoms with Crippen LogP contribution in [0.15, 0.2) is 24.3 Å². The van der Waals surface area contributed by atoms with Gasteiger partial charge in [0.2, 0.25) is 0 Å². The fourth-order valence-corrected chi connectivity index (χ4v) is 3.56. The van der Waals surface area contributed by atoms with Crippen molar-refractivity contribution in [2.45, 2.75) is 45.1 Å². The molecule has 2 aliphatic heterocycles. The second-order valence-electron chi connectivity index (χ2n) is 6.61. The van der Waals surface area contributed by atoms with Crippen LogP contribution in [0.25, 0.3) is 0 Å². The normalized spacial score (nSPS) is 20.9. The van der Waals surface area contributed by atoms with E-state index in [1.165, 1.54) is 37.9 Å². The van der Waals surface area contributed by atoms with Gasteiger partial charge in [0, 0.05) is 24.8 Å². The lowest BCUT2D eigenvalue weighted by Gasteiger charge is -2.40. The largest absolute Gasteiger partial charge is 0.324 e. The van der Waals surface area contributed by atoms with Gasteiger partial charge in [-0.25, -0.2) is 4.79 Å². The number of urea groups is 1. The average Bonchev–Trinajstić information content (AvgIpc) is 2.58. The SMILES string of the molecule is Cc1ccc(NC(=O)N2CCC(N3CCCCC3)CC2)cc1. The number of hydrogen-bond donors (Lipinski definition) is 1. The van der Waals surface area contributed by atoms with E-state index in [1.807, 2.05) is 29.2 Å². The fourth-order valence-electron chi connectivity index (χ4n) is 3.56. The molecule has 1 N–H and O–H groups in total. The third-order valence-electron chi connectivity index (χ3n) is 4.96. The number of hydrogen-bond acceptors (Lipinski definition) is 2. The summed E-state index contributed by atoms with van der Waals surface area (Å²) in [4.78, 5) is 16.9. The first-order valence-corrected chi connectivity index (χ1v) is 8.59. The Morgan fingerprint density at radius 1 is 1.00 bits per heavy atom. The van der Waals surface area contributed by atoms with E-state index in [1.54, 1.807) is 0 Å². The predicted octanol–water partition coefficient (Wildman–Crippen LogP) is 3.48. The zero-order valence-electron chi connectivity index (χ0n) is 13.6. The molecule has 0 bridgehead atoms. The Morgan fingerprint density at radius 2 is 1.64 bits per heavy atom. The van der Waals surface area contributed by atoms with Gasteiger partial charge in [0.1, 0.15) is 0 Å². The van der Waals surface area contributed by atoms with Crippen LogP contribution < -0.4 is 5.32 Å². The third-order valence-corrected chi connectivity index (χ3v) is 4.96. The Bertz CT molecular complexity index is 486. The highest BCUT2D eigenvalue weighted by Crippen LogP contribution is 2.21. The maximum atomic E-state index is 12.3. The molecule has 22 heavy (non-hydrogen) atoms. The van der Waals surface area contributed by atoms with E-state index < -0.39 is 0 Å². The summed E-state index contributed by atoms with van der Waals surface area (Å²) in [6.07, 6.45) is 6.29. The first-order chi connectivity index (χ1) is 10.7. The highest BCUT2D eigenvalue weighted by Gasteiger charge is 2.27. The minimum atomic E-state index is 0.0425. The highest BCUT2D eigenvalue weighted by molar-refractivity contribution is 5.89. The van der Waals surface area contributed by atoms with Gasteiger partial charge in [-0.15, -0.1) is 0 Å². The van der Waals surface area contributed by atoms with Crippen molar-refractivity contribution in [3.05, 3.63) is 29.8 Å². The third kappa shape index (κ3) is 3.80. The monoisotopic (exact) mass is 301 g/mol. The predicted molar refractivity (Wildman–Crippen MR) is 90.2 cm³/mol. The lowest BCUT2D eigenvalue weighted by atomic mass is 10.0. The van der Waals surface area contributed by atoms with Gasteiger partial charge in [-0.1, -0.05) is 24.1 Å². The van der Waals surface area contributed by atoms with Crippen LogP contribution >= 0.6 is 0 Å². The van der Waals surface area contributed by atoms with E-state index in [4.69, 9.17) is 0 Å². The fraction of sp³-hybridized carbons (Fsp3) is 0.611. The van der Waals surface area contributed by atoms with Gasteiger partial charge in [0.05, 0.1) is 0 Å². The number of rotatable bonds is 2. The molecule has 120 valence electrons. The molecule has 2 fully saturated rings. The lowest BCUT2D eigenvalue weighted by molar-refractivity contribution is 0.104. The number of likely N-dealkylation sites (tertiary alicyclic amines) is 2. The van der Waals surface area contributed by atoms with Gasteiger partial charge in [0.15, 0.2) is 0 Å².